The maximum atomic E-state index is 12.8. The van der Waals surface area contributed by atoms with Gasteiger partial charge in [0.1, 0.15) is 13.2 Å². The van der Waals surface area contributed by atoms with Crippen LogP contribution in [0.25, 0.3) is 0 Å². The molecule has 0 fully saturated rings. The molecular formula is C55H104O6. The van der Waals surface area contributed by atoms with Gasteiger partial charge in [-0.1, -0.05) is 258 Å². The number of hydrogen-bond donors (Lipinski definition) is 0. The highest BCUT2D eigenvalue weighted by atomic mass is 16.6. The van der Waals surface area contributed by atoms with Gasteiger partial charge in [-0.25, -0.2) is 0 Å². The van der Waals surface area contributed by atoms with E-state index < -0.39 is 6.10 Å². The van der Waals surface area contributed by atoms with E-state index in [1.165, 1.54) is 199 Å². The van der Waals surface area contributed by atoms with Gasteiger partial charge >= 0.3 is 17.9 Å². The normalized spacial score (nSPS) is 12.0. The van der Waals surface area contributed by atoms with Crippen molar-refractivity contribution in [3.63, 3.8) is 0 Å². The number of ether oxygens (including phenoxy) is 3. The molecule has 0 heterocycles. The first-order valence-corrected chi connectivity index (χ1v) is 27.2. The van der Waals surface area contributed by atoms with E-state index >= 15 is 0 Å². The SMILES string of the molecule is CCCC/C=C\CCCCCCCC(=O)OCC(COC(=O)CCCCCCCCCCCCCCCCCCC)OC(=O)CCCCCCCCCCCCCCCCC. The Balaban J connectivity index is 4.29. The van der Waals surface area contributed by atoms with E-state index in [4.69, 9.17) is 14.2 Å². The standard InChI is InChI=1S/C55H104O6/c1-4-7-10-13-16-19-22-24-26-27-29-30-33-36-39-42-45-48-54(57)60-51-52(50-59-53(56)47-44-41-38-35-32-21-18-15-12-9-6-3)61-55(58)49-46-43-40-37-34-31-28-25-23-20-17-14-11-8-5-2/h15,18,52H,4-14,16-17,19-51H2,1-3H3/b18-15-. The molecule has 0 saturated heterocycles. The van der Waals surface area contributed by atoms with Crippen LogP contribution < -0.4 is 0 Å². The van der Waals surface area contributed by atoms with Gasteiger partial charge in [-0.3, -0.25) is 14.4 Å². The molecule has 0 amide bonds. The monoisotopic (exact) mass is 861 g/mol. The summed E-state index contributed by atoms with van der Waals surface area (Å²) in [5, 5.41) is 0. The number of esters is 3. The molecule has 1 unspecified atom stereocenters. The lowest BCUT2D eigenvalue weighted by molar-refractivity contribution is -0.167. The summed E-state index contributed by atoms with van der Waals surface area (Å²) in [6.07, 6.45) is 56.3. The molecule has 0 aromatic heterocycles. The lowest BCUT2D eigenvalue weighted by atomic mass is 10.0. The van der Waals surface area contributed by atoms with Gasteiger partial charge in [0, 0.05) is 19.3 Å². The average Bonchev–Trinajstić information content (AvgIpc) is 3.26. The van der Waals surface area contributed by atoms with Crippen molar-refractivity contribution in [2.45, 2.75) is 309 Å². The highest BCUT2D eigenvalue weighted by Gasteiger charge is 2.19. The van der Waals surface area contributed by atoms with Crippen molar-refractivity contribution in [1.29, 1.82) is 0 Å². The van der Waals surface area contributed by atoms with E-state index in [1.807, 2.05) is 0 Å². The zero-order valence-electron chi connectivity index (χ0n) is 41.2. The largest absolute Gasteiger partial charge is 0.462 e. The lowest BCUT2D eigenvalue weighted by Gasteiger charge is -2.18. The number of carbonyl (C=O) groups excluding carboxylic acids is 3. The summed E-state index contributed by atoms with van der Waals surface area (Å²) in [6.45, 7) is 6.64. The Kier molecular flexibility index (Phi) is 49.3. The Hall–Kier alpha value is -1.85. The molecule has 0 aliphatic carbocycles. The molecule has 0 radical (unpaired) electrons. The maximum absolute atomic E-state index is 12.8. The third-order valence-electron chi connectivity index (χ3n) is 12.3. The Morgan fingerprint density at radius 2 is 0.557 bits per heavy atom. The van der Waals surface area contributed by atoms with E-state index in [-0.39, 0.29) is 31.1 Å². The third-order valence-corrected chi connectivity index (χ3v) is 12.3. The molecule has 360 valence electrons. The van der Waals surface area contributed by atoms with E-state index in [2.05, 4.69) is 32.9 Å². The van der Waals surface area contributed by atoms with E-state index in [1.54, 1.807) is 0 Å². The van der Waals surface area contributed by atoms with Gasteiger partial charge in [0.05, 0.1) is 0 Å². The second kappa shape index (κ2) is 50.8. The van der Waals surface area contributed by atoms with Crippen LogP contribution in [0.15, 0.2) is 12.2 Å². The fraction of sp³-hybridized carbons (Fsp3) is 0.909. The molecule has 0 aromatic carbocycles. The van der Waals surface area contributed by atoms with E-state index in [9.17, 15) is 14.4 Å². The summed E-state index contributed by atoms with van der Waals surface area (Å²) in [7, 11) is 0. The molecule has 61 heavy (non-hydrogen) atoms. The first kappa shape index (κ1) is 59.1. The van der Waals surface area contributed by atoms with Crippen molar-refractivity contribution < 1.29 is 28.6 Å². The molecule has 6 nitrogen and oxygen atoms in total. The quantitative estimate of drug-likeness (QED) is 0.0262. The van der Waals surface area contributed by atoms with Crippen molar-refractivity contribution in [2.24, 2.45) is 0 Å². The summed E-state index contributed by atoms with van der Waals surface area (Å²) >= 11 is 0. The summed E-state index contributed by atoms with van der Waals surface area (Å²) in [5.74, 6) is -0.857. The molecule has 0 rings (SSSR count). The van der Waals surface area contributed by atoms with Crippen LogP contribution in [0.4, 0.5) is 0 Å². The molecule has 0 aliphatic rings. The minimum atomic E-state index is -0.766. The Labute approximate surface area is 380 Å². The van der Waals surface area contributed by atoms with Crippen LogP contribution in [0.1, 0.15) is 303 Å². The van der Waals surface area contributed by atoms with Crippen molar-refractivity contribution in [1.82, 2.24) is 0 Å². The first-order valence-electron chi connectivity index (χ1n) is 27.2. The van der Waals surface area contributed by atoms with Crippen LogP contribution in [-0.2, 0) is 28.6 Å². The third kappa shape index (κ3) is 49.0. The van der Waals surface area contributed by atoms with Crippen LogP contribution in [0.3, 0.4) is 0 Å². The van der Waals surface area contributed by atoms with Crippen LogP contribution in [-0.4, -0.2) is 37.2 Å². The summed E-state index contributed by atoms with van der Waals surface area (Å²) < 4.78 is 16.8. The van der Waals surface area contributed by atoms with Gasteiger partial charge in [-0.15, -0.1) is 0 Å². The van der Waals surface area contributed by atoms with Crippen LogP contribution >= 0.6 is 0 Å². The summed E-state index contributed by atoms with van der Waals surface area (Å²) in [5.41, 5.74) is 0. The topological polar surface area (TPSA) is 78.9 Å². The zero-order chi connectivity index (χ0) is 44.4. The minimum Gasteiger partial charge on any atom is -0.462 e. The number of allylic oxidation sites excluding steroid dienone is 2. The molecule has 0 spiro atoms. The van der Waals surface area contributed by atoms with Gasteiger partial charge < -0.3 is 14.2 Å². The predicted molar refractivity (Wildman–Crippen MR) is 261 cm³/mol. The maximum Gasteiger partial charge on any atom is 0.306 e. The van der Waals surface area contributed by atoms with Gasteiger partial charge in [-0.05, 0) is 38.5 Å². The Morgan fingerprint density at radius 1 is 0.311 bits per heavy atom. The molecule has 0 bridgehead atoms. The Bertz CT molecular complexity index is 947. The molecule has 0 aromatic rings. The van der Waals surface area contributed by atoms with Gasteiger partial charge in [-0.2, -0.15) is 0 Å². The average molecular weight is 861 g/mol. The number of carbonyl (C=O) groups is 3. The Morgan fingerprint density at radius 3 is 0.869 bits per heavy atom. The molecule has 0 N–H and O–H groups in total. The van der Waals surface area contributed by atoms with E-state index in [0.717, 1.165) is 64.2 Å². The predicted octanol–water partition coefficient (Wildman–Crippen LogP) is 17.8. The fourth-order valence-electron chi connectivity index (χ4n) is 8.13. The van der Waals surface area contributed by atoms with Crippen molar-refractivity contribution in [3.05, 3.63) is 12.2 Å². The molecular weight excluding hydrogens is 757 g/mol. The lowest BCUT2D eigenvalue weighted by Crippen LogP contribution is -2.30. The molecule has 0 saturated carbocycles. The number of rotatable bonds is 50. The summed E-state index contributed by atoms with van der Waals surface area (Å²) in [4.78, 5) is 38.0. The van der Waals surface area contributed by atoms with Crippen LogP contribution in [0, 0.1) is 0 Å². The summed E-state index contributed by atoms with van der Waals surface area (Å²) in [6, 6.07) is 0. The van der Waals surface area contributed by atoms with Gasteiger partial charge in [0.15, 0.2) is 6.10 Å². The van der Waals surface area contributed by atoms with Crippen LogP contribution in [0.2, 0.25) is 0 Å². The van der Waals surface area contributed by atoms with Gasteiger partial charge in [0.25, 0.3) is 0 Å². The second-order valence-electron chi connectivity index (χ2n) is 18.5. The zero-order valence-corrected chi connectivity index (χ0v) is 41.2. The fourth-order valence-corrected chi connectivity index (χ4v) is 8.13. The van der Waals surface area contributed by atoms with Crippen LogP contribution in [0.5, 0.6) is 0 Å². The highest BCUT2D eigenvalue weighted by Crippen LogP contribution is 2.17. The molecule has 6 heteroatoms. The molecule has 1 atom stereocenters. The smallest absolute Gasteiger partial charge is 0.306 e. The van der Waals surface area contributed by atoms with Crippen molar-refractivity contribution in [2.75, 3.05) is 13.2 Å². The van der Waals surface area contributed by atoms with E-state index in [0.29, 0.717) is 19.3 Å². The first-order chi connectivity index (χ1) is 30.0. The number of unbranched alkanes of at least 4 members (excludes halogenated alkanes) is 37. The van der Waals surface area contributed by atoms with Gasteiger partial charge in [0.2, 0.25) is 0 Å². The van der Waals surface area contributed by atoms with Crippen molar-refractivity contribution >= 4 is 17.9 Å². The highest BCUT2D eigenvalue weighted by molar-refractivity contribution is 5.71. The second-order valence-corrected chi connectivity index (χ2v) is 18.5. The molecule has 0 aliphatic heterocycles. The number of hydrogen-bond acceptors (Lipinski definition) is 6. The minimum absolute atomic E-state index is 0.0669. The van der Waals surface area contributed by atoms with Crippen molar-refractivity contribution in [3.8, 4) is 0 Å².